The molecule has 5 heteroatoms. The quantitative estimate of drug-likeness (QED) is 0.684. The molecule has 0 amide bonds. The minimum Gasteiger partial charge on any atom is -0.508 e. The SMILES string of the molecule is CSc1cc(C)c(O)cc1C(O)C(=O)O. The number of aryl methyl sites for hydroxylation is 1. The van der Waals surface area contributed by atoms with Gasteiger partial charge in [-0.25, -0.2) is 4.79 Å². The highest BCUT2D eigenvalue weighted by Crippen LogP contribution is 2.32. The van der Waals surface area contributed by atoms with Gasteiger partial charge in [0.1, 0.15) is 5.75 Å². The first kappa shape index (κ1) is 11.9. The number of aliphatic hydroxyl groups excluding tert-OH is 1. The van der Waals surface area contributed by atoms with E-state index in [1.807, 2.05) is 0 Å². The van der Waals surface area contributed by atoms with Crippen LogP contribution < -0.4 is 0 Å². The molecule has 3 N–H and O–H groups in total. The highest BCUT2D eigenvalue weighted by atomic mass is 32.2. The van der Waals surface area contributed by atoms with Gasteiger partial charge in [-0.2, -0.15) is 0 Å². The van der Waals surface area contributed by atoms with Gasteiger partial charge in [0.2, 0.25) is 0 Å². The van der Waals surface area contributed by atoms with Gasteiger partial charge in [0.15, 0.2) is 6.10 Å². The van der Waals surface area contributed by atoms with Crippen molar-refractivity contribution in [2.45, 2.75) is 17.9 Å². The number of benzene rings is 1. The molecule has 1 aromatic rings. The first-order valence-corrected chi connectivity index (χ1v) is 5.48. The number of thioether (sulfide) groups is 1. The van der Waals surface area contributed by atoms with E-state index in [2.05, 4.69) is 0 Å². The van der Waals surface area contributed by atoms with E-state index in [1.165, 1.54) is 17.8 Å². The number of aromatic hydroxyl groups is 1. The Balaban J connectivity index is 3.27. The molecule has 4 nitrogen and oxygen atoms in total. The lowest BCUT2D eigenvalue weighted by molar-refractivity contribution is -0.147. The first-order chi connectivity index (χ1) is 6.97. The van der Waals surface area contributed by atoms with Crippen molar-refractivity contribution in [3.05, 3.63) is 23.3 Å². The summed E-state index contributed by atoms with van der Waals surface area (Å²) in [5.74, 6) is -1.34. The molecule has 0 aliphatic rings. The molecule has 0 fully saturated rings. The van der Waals surface area contributed by atoms with E-state index in [1.54, 1.807) is 19.2 Å². The molecule has 1 atom stereocenters. The van der Waals surface area contributed by atoms with E-state index in [0.29, 0.717) is 10.5 Å². The van der Waals surface area contributed by atoms with Gasteiger partial charge in [0, 0.05) is 10.5 Å². The monoisotopic (exact) mass is 228 g/mol. The Labute approximate surface area is 91.6 Å². The summed E-state index contributed by atoms with van der Waals surface area (Å²) in [5, 5.41) is 27.5. The Hall–Kier alpha value is -1.20. The number of phenols is 1. The molecule has 0 saturated heterocycles. The maximum atomic E-state index is 10.6. The van der Waals surface area contributed by atoms with E-state index >= 15 is 0 Å². The third kappa shape index (κ3) is 2.43. The van der Waals surface area contributed by atoms with Crippen LogP contribution in [0.5, 0.6) is 5.75 Å². The van der Waals surface area contributed by atoms with E-state index in [4.69, 9.17) is 5.11 Å². The maximum absolute atomic E-state index is 10.6. The van der Waals surface area contributed by atoms with E-state index in [0.717, 1.165) is 0 Å². The van der Waals surface area contributed by atoms with E-state index in [9.17, 15) is 15.0 Å². The van der Waals surface area contributed by atoms with Crippen LogP contribution in [0.2, 0.25) is 0 Å². The summed E-state index contributed by atoms with van der Waals surface area (Å²) in [6.45, 7) is 1.71. The van der Waals surface area contributed by atoms with Crippen LogP contribution in [0.3, 0.4) is 0 Å². The number of hydrogen-bond donors (Lipinski definition) is 3. The van der Waals surface area contributed by atoms with Gasteiger partial charge in [-0.1, -0.05) is 0 Å². The molecular formula is C10H12O4S. The topological polar surface area (TPSA) is 77.8 Å². The molecule has 15 heavy (non-hydrogen) atoms. The lowest BCUT2D eigenvalue weighted by Gasteiger charge is -2.12. The van der Waals surface area contributed by atoms with Crippen molar-refractivity contribution in [3.8, 4) is 5.75 Å². The van der Waals surface area contributed by atoms with Crippen molar-refractivity contribution in [1.82, 2.24) is 0 Å². The largest absolute Gasteiger partial charge is 0.508 e. The summed E-state index contributed by atoms with van der Waals surface area (Å²) in [4.78, 5) is 11.3. The zero-order valence-corrected chi connectivity index (χ0v) is 9.21. The van der Waals surface area contributed by atoms with Crippen molar-refractivity contribution in [3.63, 3.8) is 0 Å². The molecule has 0 aromatic heterocycles. The molecule has 1 aromatic carbocycles. The van der Waals surface area contributed by atoms with Gasteiger partial charge in [0.05, 0.1) is 0 Å². The Morgan fingerprint density at radius 2 is 2.07 bits per heavy atom. The molecule has 0 aliphatic carbocycles. The average molecular weight is 228 g/mol. The number of aliphatic hydroxyl groups is 1. The number of carbonyl (C=O) groups is 1. The fourth-order valence-corrected chi connectivity index (χ4v) is 1.91. The van der Waals surface area contributed by atoms with Gasteiger partial charge in [0.25, 0.3) is 0 Å². The summed E-state index contributed by atoms with van der Waals surface area (Å²) in [6, 6.07) is 2.95. The van der Waals surface area contributed by atoms with Crippen LogP contribution in [-0.2, 0) is 4.79 Å². The van der Waals surface area contributed by atoms with Crippen LogP contribution in [0.15, 0.2) is 17.0 Å². The molecule has 0 saturated carbocycles. The second-order valence-electron chi connectivity index (χ2n) is 3.12. The standard InChI is InChI=1S/C10H12O4S/c1-5-3-8(15-2)6(4-7(5)11)9(12)10(13)14/h3-4,9,11-12H,1-2H3,(H,13,14). The summed E-state index contributed by atoms with van der Waals surface area (Å²) < 4.78 is 0. The molecule has 1 rings (SSSR count). The first-order valence-electron chi connectivity index (χ1n) is 4.25. The summed E-state index contributed by atoms with van der Waals surface area (Å²) >= 11 is 1.33. The number of phenolic OH excluding ortho intramolecular Hbond substituents is 1. The summed E-state index contributed by atoms with van der Waals surface area (Å²) in [7, 11) is 0. The van der Waals surface area contributed by atoms with Crippen LogP contribution in [0, 0.1) is 6.92 Å². The number of hydrogen-bond acceptors (Lipinski definition) is 4. The van der Waals surface area contributed by atoms with Crippen LogP contribution in [0.25, 0.3) is 0 Å². The number of aliphatic carboxylic acids is 1. The predicted molar refractivity (Wildman–Crippen MR) is 57.2 cm³/mol. The lowest BCUT2D eigenvalue weighted by Crippen LogP contribution is -2.11. The van der Waals surface area contributed by atoms with Gasteiger partial charge in [-0.3, -0.25) is 0 Å². The highest BCUT2D eigenvalue weighted by Gasteiger charge is 2.20. The van der Waals surface area contributed by atoms with Crippen molar-refractivity contribution in [2.24, 2.45) is 0 Å². The molecule has 82 valence electrons. The Morgan fingerprint density at radius 3 is 2.53 bits per heavy atom. The van der Waals surface area contributed by atoms with Gasteiger partial charge < -0.3 is 15.3 Å². The second-order valence-corrected chi connectivity index (χ2v) is 3.97. The Morgan fingerprint density at radius 1 is 1.47 bits per heavy atom. The predicted octanol–water partition coefficient (Wildman–Crippen LogP) is 1.54. The van der Waals surface area contributed by atoms with Crippen LogP contribution in [0.1, 0.15) is 17.2 Å². The smallest absolute Gasteiger partial charge is 0.337 e. The summed E-state index contributed by atoms with van der Waals surface area (Å²) in [5.41, 5.74) is 0.874. The van der Waals surface area contributed by atoms with Crippen LogP contribution in [0.4, 0.5) is 0 Å². The third-order valence-corrected chi connectivity index (χ3v) is 2.87. The van der Waals surface area contributed by atoms with Crippen LogP contribution >= 0.6 is 11.8 Å². The number of rotatable bonds is 3. The van der Waals surface area contributed by atoms with Gasteiger partial charge in [-0.05, 0) is 30.9 Å². The minimum absolute atomic E-state index is 0.0110. The Bertz CT molecular complexity index is 389. The van der Waals surface area contributed by atoms with Gasteiger partial charge >= 0.3 is 5.97 Å². The third-order valence-electron chi connectivity index (χ3n) is 2.08. The van der Waals surface area contributed by atoms with Crippen molar-refractivity contribution < 1.29 is 20.1 Å². The normalized spacial score (nSPS) is 12.5. The fraction of sp³-hybridized carbons (Fsp3) is 0.300. The van der Waals surface area contributed by atoms with Crippen molar-refractivity contribution in [2.75, 3.05) is 6.26 Å². The van der Waals surface area contributed by atoms with Gasteiger partial charge in [-0.15, -0.1) is 11.8 Å². The zero-order chi connectivity index (χ0) is 11.6. The highest BCUT2D eigenvalue weighted by molar-refractivity contribution is 7.98. The average Bonchev–Trinajstić information content (AvgIpc) is 2.20. The summed E-state index contributed by atoms with van der Waals surface area (Å²) in [6.07, 6.45) is 0.183. The molecule has 0 radical (unpaired) electrons. The molecule has 0 spiro atoms. The molecule has 0 aliphatic heterocycles. The van der Waals surface area contributed by atoms with Crippen molar-refractivity contribution in [1.29, 1.82) is 0 Å². The second kappa shape index (κ2) is 4.55. The molecule has 0 heterocycles. The molecule has 0 bridgehead atoms. The minimum atomic E-state index is -1.60. The molecule has 1 unspecified atom stereocenters. The van der Waals surface area contributed by atoms with E-state index in [-0.39, 0.29) is 11.3 Å². The van der Waals surface area contributed by atoms with Crippen molar-refractivity contribution >= 4 is 17.7 Å². The lowest BCUT2D eigenvalue weighted by atomic mass is 10.1. The maximum Gasteiger partial charge on any atom is 0.337 e. The fourth-order valence-electron chi connectivity index (χ4n) is 1.21. The Kier molecular flexibility index (Phi) is 3.60. The van der Waals surface area contributed by atoms with Crippen LogP contribution in [-0.4, -0.2) is 27.5 Å². The number of carboxylic acid groups (broad SMARTS) is 1. The number of carboxylic acids is 1. The zero-order valence-electron chi connectivity index (χ0n) is 8.39. The van der Waals surface area contributed by atoms with E-state index < -0.39 is 12.1 Å². The molecular weight excluding hydrogens is 216 g/mol.